The summed E-state index contributed by atoms with van der Waals surface area (Å²) in [6, 6.07) is 3.85. The summed E-state index contributed by atoms with van der Waals surface area (Å²) in [4.78, 5) is 4.04. The molecule has 0 fully saturated rings. The summed E-state index contributed by atoms with van der Waals surface area (Å²) >= 11 is 0. The highest BCUT2D eigenvalue weighted by Gasteiger charge is 2.19. The zero-order valence-corrected chi connectivity index (χ0v) is 10.3. The van der Waals surface area contributed by atoms with Crippen LogP contribution in [0.4, 0.5) is 8.78 Å². The molecule has 0 saturated carbocycles. The van der Waals surface area contributed by atoms with E-state index >= 15 is 0 Å². The molecule has 96 valence electrons. The first-order chi connectivity index (χ1) is 8.38. The summed E-state index contributed by atoms with van der Waals surface area (Å²) in [7, 11) is 0. The molecule has 2 aromatic rings. The third-order valence-electron chi connectivity index (χ3n) is 2.71. The van der Waals surface area contributed by atoms with Gasteiger partial charge in [-0.25, -0.2) is 13.8 Å². The predicted octanol–water partition coefficient (Wildman–Crippen LogP) is 2.40. The average molecular weight is 251 g/mol. The molecule has 0 aliphatic rings. The highest BCUT2D eigenvalue weighted by molar-refractivity contribution is 5.20. The molecular formula is C13H15F2N3. The molecule has 18 heavy (non-hydrogen) atoms. The first-order valence-electron chi connectivity index (χ1n) is 5.61. The number of imidazole rings is 1. The van der Waals surface area contributed by atoms with E-state index in [4.69, 9.17) is 5.73 Å². The van der Waals surface area contributed by atoms with Gasteiger partial charge in [0, 0.05) is 12.7 Å². The second-order valence-electron chi connectivity index (χ2n) is 4.88. The van der Waals surface area contributed by atoms with Gasteiger partial charge in [0.05, 0.1) is 17.6 Å². The summed E-state index contributed by atoms with van der Waals surface area (Å²) in [6.07, 6.45) is 3.31. The quantitative estimate of drug-likeness (QED) is 0.910. The molecule has 0 amide bonds. The highest BCUT2D eigenvalue weighted by Crippen LogP contribution is 2.18. The lowest BCUT2D eigenvalue weighted by Gasteiger charge is -2.20. The molecule has 0 atom stereocenters. The molecule has 2 N–H and O–H groups in total. The van der Waals surface area contributed by atoms with Crippen LogP contribution in [0.5, 0.6) is 0 Å². The van der Waals surface area contributed by atoms with Crippen LogP contribution in [0.25, 0.3) is 0 Å². The van der Waals surface area contributed by atoms with Crippen LogP contribution in [0.15, 0.2) is 30.7 Å². The summed E-state index contributed by atoms with van der Waals surface area (Å²) in [5.74, 6) is -1.69. The van der Waals surface area contributed by atoms with Gasteiger partial charge in [0.1, 0.15) is 0 Å². The van der Waals surface area contributed by atoms with Gasteiger partial charge in [-0.3, -0.25) is 0 Å². The van der Waals surface area contributed by atoms with Crippen molar-refractivity contribution in [2.24, 2.45) is 5.73 Å². The van der Waals surface area contributed by atoms with Crippen molar-refractivity contribution in [1.82, 2.24) is 9.55 Å². The van der Waals surface area contributed by atoms with Gasteiger partial charge in [-0.2, -0.15) is 0 Å². The van der Waals surface area contributed by atoms with E-state index in [-0.39, 0.29) is 0 Å². The van der Waals surface area contributed by atoms with Crippen molar-refractivity contribution < 1.29 is 8.78 Å². The van der Waals surface area contributed by atoms with Gasteiger partial charge in [-0.05, 0) is 31.5 Å². The second-order valence-corrected chi connectivity index (χ2v) is 4.88. The van der Waals surface area contributed by atoms with Crippen molar-refractivity contribution in [3.63, 3.8) is 0 Å². The van der Waals surface area contributed by atoms with Crippen LogP contribution in [-0.4, -0.2) is 9.55 Å². The van der Waals surface area contributed by atoms with E-state index in [9.17, 15) is 8.78 Å². The first-order valence-corrected chi connectivity index (χ1v) is 5.61. The van der Waals surface area contributed by atoms with Gasteiger partial charge in [0.15, 0.2) is 11.6 Å². The maximum Gasteiger partial charge on any atom is 0.159 e. The van der Waals surface area contributed by atoms with E-state index in [1.54, 1.807) is 18.6 Å². The van der Waals surface area contributed by atoms with Gasteiger partial charge in [-0.1, -0.05) is 6.07 Å². The zero-order chi connectivity index (χ0) is 13.3. The molecule has 0 saturated heterocycles. The Kier molecular flexibility index (Phi) is 3.17. The van der Waals surface area contributed by atoms with Gasteiger partial charge in [0.25, 0.3) is 0 Å². The van der Waals surface area contributed by atoms with Crippen molar-refractivity contribution in [3.05, 3.63) is 53.6 Å². The monoisotopic (exact) mass is 251 g/mol. The number of nitrogens with two attached hydrogens (primary N) is 1. The standard InChI is InChI=1S/C13H15F2N3/c1-13(2,16)12-6-17-8-18(12)7-9-3-4-10(14)11(15)5-9/h3-6,8H,7,16H2,1-2H3. The van der Waals surface area contributed by atoms with Crippen LogP contribution in [0.1, 0.15) is 25.1 Å². The fraction of sp³-hybridized carbons (Fsp3) is 0.308. The van der Waals surface area contributed by atoms with E-state index in [0.29, 0.717) is 12.1 Å². The minimum absolute atomic E-state index is 0.410. The number of hydrogen-bond acceptors (Lipinski definition) is 2. The van der Waals surface area contributed by atoms with Crippen LogP contribution in [0, 0.1) is 11.6 Å². The predicted molar refractivity (Wildman–Crippen MR) is 64.9 cm³/mol. The number of halogens is 2. The molecule has 0 bridgehead atoms. The van der Waals surface area contributed by atoms with E-state index in [1.165, 1.54) is 6.07 Å². The Labute approximate surface area is 104 Å². The SMILES string of the molecule is CC(C)(N)c1cncn1Cc1ccc(F)c(F)c1. The van der Waals surface area contributed by atoms with E-state index in [0.717, 1.165) is 11.8 Å². The number of rotatable bonds is 3. The number of nitrogens with zero attached hydrogens (tertiary/aromatic N) is 2. The van der Waals surface area contributed by atoms with Crippen molar-refractivity contribution >= 4 is 0 Å². The molecular weight excluding hydrogens is 236 g/mol. The number of aromatic nitrogens is 2. The Hall–Kier alpha value is -1.75. The molecule has 1 aromatic carbocycles. The van der Waals surface area contributed by atoms with Crippen molar-refractivity contribution in [2.45, 2.75) is 25.9 Å². The van der Waals surface area contributed by atoms with Crippen LogP contribution in [0.2, 0.25) is 0 Å². The van der Waals surface area contributed by atoms with Gasteiger partial charge >= 0.3 is 0 Å². The normalized spacial score (nSPS) is 11.8. The fourth-order valence-electron chi connectivity index (χ4n) is 1.82. The Balaban J connectivity index is 2.29. The summed E-state index contributed by atoms with van der Waals surface area (Å²) < 4.78 is 27.8. The summed E-state index contributed by atoms with van der Waals surface area (Å²) in [6.45, 7) is 4.14. The van der Waals surface area contributed by atoms with Crippen molar-refractivity contribution in [2.75, 3.05) is 0 Å². The average Bonchev–Trinajstić information content (AvgIpc) is 2.71. The molecule has 0 radical (unpaired) electrons. The summed E-state index contributed by atoms with van der Waals surface area (Å²) in [5, 5.41) is 0. The van der Waals surface area contributed by atoms with Crippen LogP contribution >= 0.6 is 0 Å². The number of hydrogen-bond donors (Lipinski definition) is 1. The lowest BCUT2D eigenvalue weighted by molar-refractivity contribution is 0.496. The topological polar surface area (TPSA) is 43.8 Å². The molecule has 1 heterocycles. The molecule has 5 heteroatoms. The fourth-order valence-corrected chi connectivity index (χ4v) is 1.82. The second kappa shape index (κ2) is 4.49. The molecule has 0 aliphatic heterocycles. The molecule has 1 aromatic heterocycles. The molecule has 0 spiro atoms. The number of benzene rings is 1. The smallest absolute Gasteiger partial charge is 0.159 e. The Morgan fingerprint density at radius 2 is 2.00 bits per heavy atom. The van der Waals surface area contributed by atoms with Gasteiger partial charge in [-0.15, -0.1) is 0 Å². The van der Waals surface area contributed by atoms with E-state index in [2.05, 4.69) is 4.98 Å². The van der Waals surface area contributed by atoms with E-state index < -0.39 is 17.2 Å². The third kappa shape index (κ3) is 2.56. The first kappa shape index (κ1) is 12.7. The molecule has 0 aliphatic carbocycles. The zero-order valence-electron chi connectivity index (χ0n) is 10.3. The molecule has 0 unspecified atom stereocenters. The summed E-state index contributed by atoms with van der Waals surface area (Å²) in [5.41, 5.74) is 6.99. The third-order valence-corrected chi connectivity index (χ3v) is 2.71. The maximum atomic E-state index is 13.1. The van der Waals surface area contributed by atoms with Crippen LogP contribution < -0.4 is 5.73 Å². The van der Waals surface area contributed by atoms with Crippen LogP contribution in [-0.2, 0) is 12.1 Å². The van der Waals surface area contributed by atoms with E-state index in [1.807, 2.05) is 18.4 Å². The lowest BCUT2D eigenvalue weighted by Crippen LogP contribution is -2.31. The largest absolute Gasteiger partial charge is 0.328 e. The van der Waals surface area contributed by atoms with Crippen molar-refractivity contribution in [1.29, 1.82) is 0 Å². The highest BCUT2D eigenvalue weighted by atomic mass is 19.2. The van der Waals surface area contributed by atoms with Crippen molar-refractivity contribution in [3.8, 4) is 0 Å². The molecule has 3 nitrogen and oxygen atoms in total. The van der Waals surface area contributed by atoms with Gasteiger partial charge in [0.2, 0.25) is 0 Å². The Bertz CT molecular complexity index is 556. The maximum absolute atomic E-state index is 13.1. The van der Waals surface area contributed by atoms with Gasteiger partial charge < -0.3 is 10.3 Å². The molecule has 2 rings (SSSR count). The Morgan fingerprint density at radius 3 is 2.61 bits per heavy atom. The van der Waals surface area contributed by atoms with Crippen LogP contribution in [0.3, 0.4) is 0 Å². The Morgan fingerprint density at radius 1 is 1.28 bits per heavy atom. The lowest BCUT2D eigenvalue weighted by atomic mass is 10.0. The minimum atomic E-state index is -0.846. The minimum Gasteiger partial charge on any atom is -0.328 e.